The van der Waals surface area contributed by atoms with E-state index in [1.54, 1.807) is 6.92 Å². The zero-order valence-corrected chi connectivity index (χ0v) is 15.8. The maximum atomic E-state index is 12.1. The van der Waals surface area contributed by atoms with E-state index >= 15 is 0 Å². The molecule has 2 amide bonds. The largest absolute Gasteiger partial charge is 0.441 e. The fourth-order valence-corrected chi connectivity index (χ4v) is 2.53. The van der Waals surface area contributed by atoms with E-state index < -0.39 is 0 Å². The van der Waals surface area contributed by atoms with Crippen LogP contribution in [0.2, 0.25) is 0 Å². The lowest BCUT2D eigenvalue weighted by atomic mass is 10.2. The van der Waals surface area contributed by atoms with Crippen molar-refractivity contribution in [3.05, 3.63) is 71.6 Å². The highest BCUT2D eigenvalue weighted by molar-refractivity contribution is 5.85. The van der Waals surface area contributed by atoms with E-state index in [0.29, 0.717) is 17.3 Å². The highest BCUT2D eigenvalue weighted by atomic mass is 16.4. The fraction of sp³-hybridized carbons (Fsp3) is 0.190. The Bertz CT molecular complexity index is 950. The molecule has 1 aromatic heterocycles. The minimum Gasteiger partial charge on any atom is -0.441 e. The van der Waals surface area contributed by atoms with Crippen LogP contribution in [-0.4, -0.2) is 23.3 Å². The minimum atomic E-state index is -0.375. The van der Waals surface area contributed by atoms with E-state index in [0.717, 1.165) is 16.8 Å². The summed E-state index contributed by atoms with van der Waals surface area (Å²) in [5.74, 6) is 0.309. The number of aromatic nitrogens is 1. The molecule has 0 unspecified atom stereocenters. The first-order valence-corrected chi connectivity index (χ1v) is 8.91. The standard InChI is InChI=1S/C21H22N4O3/c1-14-8-10-17(11-9-14)22-13-20(27)25-24-19(26)12-18-15(2)28-21(23-18)16-6-4-3-5-7-16/h3-11,22H,12-13H2,1-2H3,(H,24,26)(H,25,27). The highest BCUT2D eigenvalue weighted by Gasteiger charge is 2.15. The van der Waals surface area contributed by atoms with Crippen LogP contribution in [0.4, 0.5) is 5.69 Å². The first-order chi connectivity index (χ1) is 13.5. The molecular weight excluding hydrogens is 356 g/mol. The van der Waals surface area contributed by atoms with E-state index in [-0.39, 0.29) is 24.8 Å². The summed E-state index contributed by atoms with van der Waals surface area (Å²) in [7, 11) is 0. The maximum Gasteiger partial charge on any atom is 0.257 e. The van der Waals surface area contributed by atoms with Gasteiger partial charge in [0.15, 0.2) is 0 Å². The number of carbonyl (C=O) groups is 2. The third-order valence-electron chi connectivity index (χ3n) is 4.09. The molecule has 3 aromatic rings. The van der Waals surface area contributed by atoms with Crippen LogP contribution < -0.4 is 16.2 Å². The van der Waals surface area contributed by atoms with Crippen molar-refractivity contribution in [2.24, 2.45) is 0 Å². The molecule has 0 fully saturated rings. The van der Waals surface area contributed by atoms with Gasteiger partial charge in [0, 0.05) is 11.3 Å². The number of hydrazine groups is 1. The molecule has 0 bridgehead atoms. The topological polar surface area (TPSA) is 96.3 Å². The molecule has 0 aliphatic heterocycles. The number of hydrogen-bond acceptors (Lipinski definition) is 5. The van der Waals surface area contributed by atoms with E-state index in [1.165, 1.54) is 0 Å². The van der Waals surface area contributed by atoms with Gasteiger partial charge >= 0.3 is 0 Å². The third kappa shape index (κ3) is 5.20. The van der Waals surface area contributed by atoms with E-state index in [9.17, 15) is 9.59 Å². The van der Waals surface area contributed by atoms with Crippen LogP contribution in [0.5, 0.6) is 0 Å². The van der Waals surface area contributed by atoms with Gasteiger partial charge in [-0.15, -0.1) is 0 Å². The summed E-state index contributed by atoms with van der Waals surface area (Å²) in [5.41, 5.74) is 8.12. The molecule has 0 saturated carbocycles. The molecule has 7 nitrogen and oxygen atoms in total. The third-order valence-corrected chi connectivity index (χ3v) is 4.09. The average molecular weight is 378 g/mol. The number of amides is 2. The van der Waals surface area contributed by atoms with Crippen LogP contribution in [0.1, 0.15) is 17.0 Å². The van der Waals surface area contributed by atoms with Crippen molar-refractivity contribution in [3.8, 4) is 11.5 Å². The van der Waals surface area contributed by atoms with E-state index in [2.05, 4.69) is 21.2 Å². The maximum absolute atomic E-state index is 12.1. The lowest BCUT2D eigenvalue weighted by molar-refractivity contribution is -0.127. The second-order valence-electron chi connectivity index (χ2n) is 6.38. The van der Waals surface area contributed by atoms with Crippen molar-refractivity contribution < 1.29 is 14.0 Å². The number of aryl methyl sites for hydroxylation is 2. The Labute approximate surface area is 163 Å². The number of nitrogens with zero attached hydrogens (tertiary/aromatic N) is 1. The van der Waals surface area contributed by atoms with Gasteiger partial charge < -0.3 is 9.73 Å². The Balaban J connectivity index is 1.47. The normalized spacial score (nSPS) is 10.4. The predicted octanol–water partition coefficient (Wildman–Crippen LogP) is 2.76. The zero-order chi connectivity index (χ0) is 19.9. The molecule has 0 radical (unpaired) electrons. The number of benzene rings is 2. The second kappa shape index (κ2) is 8.85. The lowest BCUT2D eigenvalue weighted by Crippen LogP contribution is -2.44. The van der Waals surface area contributed by atoms with Crippen LogP contribution in [0.3, 0.4) is 0 Å². The minimum absolute atomic E-state index is 0.00778. The van der Waals surface area contributed by atoms with Crippen molar-refractivity contribution >= 4 is 17.5 Å². The first kappa shape index (κ1) is 19.2. The molecule has 0 aliphatic rings. The molecule has 0 atom stereocenters. The quantitative estimate of drug-likeness (QED) is 0.573. The summed E-state index contributed by atoms with van der Waals surface area (Å²) in [6.45, 7) is 3.79. The van der Waals surface area contributed by atoms with Crippen molar-refractivity contribution in [1.29, 1.82) is 0 Å². The number of nitrogens with one attached hydrogen (secondary N) is 3. The Morgan fingerprint density at radius 1 is 0.929 bits per heavy atom. The Hall–Kier alpha value is -3.61. The van der Waals surface area contributed by atoms with Crippen molar-refractivity contribution in [1.82, 2.24) is 15.8 Å². The van der Waals surface area contributed by atoms with Gasteiger partial charge in [0.2, 0.25) is 11.8 Å². The van der Waals surface area contributed by atoms with Crippen molar-refractivity contribution in [2.75, 3.05) is 11.9 Å². The van der Waals surface area contributed by atoms with E-state index in [4.69, 9.17) is 4.42 Å². The summed E-state index contributed by atoms with van der Waals surface area (Å²) in [4.78, 5) is 28.4. The average Bonchev–Trinajstić information content (AvgIpc) is 3.07. The van der Waals surface area contributed by atoms with Crippen LogP contribution >= 0.6 is 0 Å². The molecule has 3 rings (SSSR count). The fourth-order valence-electron chi connectivity index (χ4n) is 2.53. The summed E-state index contributed by atoms with van der Waals surface area (Å²) in [6, 6.07) is 17.1. The van der Waals surface area contributed by atoms with Gasteiger partial charge in [0.1, 0.15) is 5.76 Å². The van der Waals surface area contributed by atoms with Gasteiger partial charge in [-0.1, -0.05) is 35.9 Å². The number of carbonyl (C=O) groups excluding carboxylic acids is 2. The van der Waals surface area contributed by atoms with Crippen LogP contribution in [0, 0.1) is 13.8 Å². The Morgan fingerprint density at radius 2 is 1.61 bits per heavy atom. The second-order valence-corrected chi connectivity index (χ2v) is 6.38. The molecule has 2 aromatic carbocycles. The number of oxazole rings is 1. The molecule has 28 heavy (non-hydrogen) atoms. The zero-order valence-electron chi connectivity index (χ0n) is 15.8. The van der Waals surface area contributed by atoms with Gasteiger partial charge in [-0.2, -0.15) is 0 Å². The van der Waals surface area contributed by atoms with Crippen molar-refractivity contribution in [2.45, 2.75) is 20.3 Å². The number of hydrogen-bond donors (Lipinski definition) is 3. The molecule has 144 valence electrons. The van der Waals surface area contributed by atoms with Crippen molar-refractivity contribution in [3.63, 3.8) is 0 Å². The van der Waals surface area contributed by atoms with Crippen LogP contribution in [-0.2, 0) is 16.0 Å². The highest BCUT2D eigenvalue weighted by Crippen LogP contribution is 2.21. The molecule has 0 saturated heterocycles. The first-order valence-electron chi connectivity index (χ1n) is 8.91. The summed E-state index contributed by atoms with van der Waals surface area (Å²) in [6.07, 6.45) is 0.00778. The van der Waals surface area contributed by atoms with Crippen LogP contribution in [0.25, 0.3) is 11.5 Å². The lowest BCUT2D eigenvalue weighted by Gasteiger charge is -2.09. The molecule has 3 N–H and O–H groups in total. The predicted molar refractivity (Wildman–Crippen MR) is 106 cm³/mol. The van der Waals surface area contributed by atoms with Gasteiger partial charge in [-0.25, -0.2) is 4.98 Å². The Morgan fingerprint density at radius 3 is 2.32 bits per heavy atom. The van der Waals surface area contributed by atoms with Gasteiger partial charge in [-0.05, 0) is 38.1 Å². The Kier molecular flexibility index (Phi) is 6.06. The van der Waals surface area contributed by atoms with Gasteiger partial charge in [0.05, 0.1) is 18.7 Å². The molecule has 0 aliphatic carbocycles. The summed E-state index contributed by atoms with van der Waals surface area (Å²) >= 11 is 0. The molecule has 1 heterocycles. The monoisotopic (exact) mass is 378 g/mol. The SMILES string of the molecule is Cc1ccc(NCC(=O)NNC(=O)Cc2nc(-c3ccccc3)oc2C)cc1. The number of anilines is 1. The molecular formula is C21H22N4O3. The smallest absolute Gasteiger partial charge is 0.257 e. The molecule has 0 spiro atoms. The number of rotatable bonds is 6. The summed E-state index contributed by atoms with van der Waals surface area (Å²) < 4.78 is 5.63. The van der Waals surface area contributed by atoms with Gasteiger partial charge in [-0.3, -0.25) is 20.4 Å². The van der Waals surface area contributed by atoms with Crippen LogP contribution in [0.15, 0.2) is 59.0 Å². The molecule has 7 heteroatoms. The van der Waals surface area contributed by atoms with E-state index in [1.807, 2.05) is 61.5 Å². The van der Waals surface area contributed by atoms with Gasteiger partial charge in [0.25, 0.3) is 5.91 Å². The summed E-state index contributed by atoms with van der Waals surface area (Å²) in [5, 5.41) is 2.98.